The zero-order chi connectivity index (χ0) is 15.6. The molecule has 0 bridgehead atoms. The van der Waals surface area contributed by atoms with Crippen LogP contribution in [0, 0.1) is 6.92 Å². The van der Waals surface area contributed by atoms with Crippen LogP contribution in [0.1, 0.15) is 49.0 Å². The summed E-state index contributed by atoms with van der Waals surface area (Å²) in [4.78, 5) is 20.2. The molecular weight excluding hydrogens is 316 g/mol. The molecule has 7 heteroatoms. The topological polar surface area (TPSA) is 66.9 Å². The van der Waals surface area contributed by atoms with Crippen LogP contribution in [-0.2, 0) is 16.9 Å². The monoisotopic (exact) mass is 336 g/mol. The van der Waals surface area contributed by atoms with Crippen molar-refractivity contribution in [3.8, 4) is 0 Å². The molecule has 1 aliphatic rings. The predicted octanol–water partition coefficient (Wildman–Crippen LogP) is 3.43. The van der Waals surface area contributed by atoms with Crippen LogP contribution in [0.15, 0.2) is 10.8 Å². The summed E-state index contributed by atoms with van der Waals surface area (Å²) in [5, 5.41) is 12.4. The van der Waals surface area contributed by atoms with Gasteiger partial charge in [-0.25, -0.2) is 9.97 Å². The van der Waals surface area contributed by atoms with Gasteiger partial charge in [-0.05, 0) is 19.8 Å². The molecule has 5 nitrogen and oxygen atoms in total. The minimum Gasteiger partial charge on any atom is -0.302 e. The molecule has 2 aromatic heterocycles. The first-order valence-electron chi connectivity index (χ1n) is 7.47. The largest absolute Gasteiger partial charge is 0.302 e. The molecule has 3 rings (SSSR count). The minimum atomic E-state index is -0.0839. The number of anilines is 1. The summed E-state index contributed by atoms with van der Waals surface area (Å²) >= 11 is 3.21. The molecule has 2 aromatic rings. The molecule has 0 spiro atoms. The molecule has 118 valence electrons. The molecule has 1 aliphatic carbocycles. The Kier molecular flexibility index (Phi) is 4.56. The third kappa shape index (κ3) is 3.37. The lowest BCUT2D eigenvalue weighted by molar-refractivity contribution is -0.114. The summed E-state index contributed by atoms with van der Waals surface area (Å²) in [7, 11) is 0. The van der Waals surface area contributed by atoms with Crippen LogP contribution < -0.4 is 10.6 Å². The van der Waals surface area contributed by atoms with E-state index in [2.05, 4.69) is 21.0 Å². The Morgan fingerprint density at radius 2 is 2.05 bits per heavy atom. The third-order valence-corrected chi connectivity index (χ3v) is 5.90. The molecule has 0 radical (unpaired) electrons. The Bertz CT molecular complexity index is 658. The summed E-state index contributed by atoms with van der Waals surface area (Å²) in [6, 6.07) is 0. The molecule has 0 aromatic carbocycles. The summed E-state index contributed by atoms with van der Waals surface area (Å²) < 4.78 is 0. The first-order chi connectivity index (χ1) is 10.6. The first-order valence-corrected chi connectivity index (χ1v) is 9.23. The van der Waals surface area contributed by atoms with E-state index in [1.54, 1.807) is 11.3 Å². The maximum Gasteiger partial charge on any atom is 0.223 e. The quantitative estimate of drug-likeness (QED) is 0.878. The van der Waals surface area contributed by atoms with E-state index in [1.807, 2.05) is 12.3 Å². The smallest absolute Gasteiger partial charge is 0.223 e. The van der Waals surface area contributed by atoms with Crippen LogP contribution >= 0.6 is 22.7 Å². The van der Waals surface area contributed by atoms with Crippen LogP contribution in [0.25, 0.3) is 0 Å². The minimum absolute atomic E-state index is 0.00326. The third-order valence-electron chi connectivity index (χ3n) is 3.93. The average Bonchev–Trinajstić information content (AvgIpc) is 3.17. The van der Waals surface area contributed by atoms with E-state index in [0.29, 0.717) is 11.7 Å². The Hall–Kier alpha value is -1.31. The van der Waals surface area contributed by atoms with Crippen molar-refractivity contribution in [2.75, 3.05) is 5.32 Å². The number of carbonyl (C=O) groups is 1. The van der Waals surface area contributed by atoms with Crippen molar-refractivity contribution in [2.24, 2.45) is 0 Å². The van der Waals surface area contributed by atoms with Crippen LogP contribution in [0.5, 0.6) is 0 Å². The van der Waals surface area contributed by atoms with Crippen molar-refractivity contribution in [1.82, 2.24) is 15.3 Å². The van der Waals surface area contributed by atoms with Crippen molar-refractivity contribution in [2.45, 2.75) is 51.6 Å². The van der Waals surface area contributed by atoms with Gasteiger partial charge in [0.25, 0.3) is 0 Å². The number of thiazole rings is 2. The highest BCUT2D eigenvalue weighted by Gasteiger charge is 2.37. The van der Waals surface area contributed by atoms with E-state index >= 15 is 0 Å². The standard InChI is InChI=1S/C15H20N4OS2/c1-10-8-21-13(17-10)15(5-3-4-6-15)16-7-12-9-22-14(19-12)18-11(2)20/h8-9,16H,3-7H2,1-2H3,(H,18,19,20). The molecular formula is C15H20N4OS2. The van der Waals surface area contributed by atoms with Crippen molar-refractivity contribution >= 4 is 33.7 Å². The lowest BCUT2D eigenvalue weighted by atomic mass is 9.98. The molecule has 0 aliphatic heterocycles. The first kappa shape index (κ1) is 15.6. The van der Waals surface area contributed by atoms with Crippen molar-refractivity contribution in [1.29, 1.82) is 0 Å². The van der Waals surface area contributed by atoms with Gasteiger partial charge in [-0.1, -0.05) is 12.8 Å². The zero-order valence-electron chi connectivity index (χ0n) is 12.8. The maximum atomic E-state index is 11.1. The molecule has 2 N–H and O–H groups in total. The summed E-state index contributed by atoms with van der Waals surface area (Å²) in [5.41, 5.74) is 2.06. The fourth-order valence-corrected chi connectivity index (χ4v) is 4.66. The van der Waals surface area contributed by atoms with Crippen molar-refractivity contribution in [3.05, 3.63) is 27.2 Å². The number of hydrogen-bond acceptors (Lipinski definition) is 6. The SMILES string of the molecule is CC(=O)Nc1nc(CNC2(c3nc(C)cs3)CCCC2)cs1. The molecule has 2 heterocycles. The van der Waals surface area contributed by atoms with Crippen LogP contribution in [0.2, 0.25) is 0 Å². The van der Waals surface area contributed by atoms with E-state index in [-0.39, 0.29) is 11.4 Å². The summed E-state index contributed by atoms with van der Waals surface area (Å²) in [6.45, 7) is 4.25. The van der Waals surface area contributed by atoms with E-state index in [4.69, 9.17) is 4.98 Å². The van der Waals surface area contributed by atoms with E-state index in [0.717, 1.165) is 24.2 Å². The number of aryl methyl sites for hydroxylation is 1. The fourth-order valence-electron chi connectivity index (χ4n) is 2.87. The maximum absolute atomic E-state index is 11.1. The van der Waals surface area contributed by atoms with E-state index < -0.39 is 0 Å². The Balaban J connectivity index is 1.70. The number of amides is 1. The second-order valence-electron chi connectivity index (χ2n) is 5.76. The lowest BCUT2D eigenvalue weighted by Crippen LogP contribution is -2.39. The normalized spacial score (nSPS) is 16.8. The van der Waals surface area contributed by atoms with Crippen LogP contribution in [-0.4, -0.2) is 15.9 Å². The Labute approximate surface area is 138 Å². The zero-order valence-corrected chi connectivity index (χ0v) is 14.4. The molecule has 0 atom stereocenters. The Morgan fingerprint density at radius 1 is 1.27 bits per heavy atom. The molecule has 0 unspecified atom stereocenters. The van der Waals surface area contributed by atoms with Crippen molar-refractivity contribution < 1.29 is 4.79 Å². The molecule has 0 saturated heterocycles. The molecule has 1 amide bonds. The van der Waals surface area contributed by atoms with Crippen molar-refractivity contribution in [3.63, 3.8) is 0 Å². The van der Waals surface area contributed by atoms with Gasteiger partial charge in [0.2, 0.25) is 5.91 Å². The highest BCUT2D eigenvalue weighted by Crippen LogP contribution is 2.40. The lowest BCUT2D eigenvalue weighted by Gasteiger charge is -2.28. The molecule has 22 heavy (non-hydrogen) atoms. The summed E-state index contributed by atoms with van der Waals surface area (Å²) in [5.74, 6) is -0.0839. The Morgan fingerprint density at radius 3 is 2.68 bits per heavy atom. The van der Waals surface area contributed by atoms with Gasteiger partial charge in [0.1, 0.15) is 5.01 Å². The number of nitrogens with zero attached hydrogens (tertiary/aromatic N) is 2. The number of carbonyl (C=O) groups excluding carboxylic acids is 1. The number of nitrogens with one attached hydrogen (secondary N) is 2. The highest BCUT2D eigenvalue weighted by atomic mass is 32.1. The van der Waals surface area contributed by atoms with Gasteiger partial charge in [-0.3, -0.25) is 10.1 Å². The second kappa shape index (κ2) is 6.44. The van der Waals surface area contributed by atoms with Gasteiger partial charge in [0, 0.05) is 29.9 Å². The van der Waals surface area contributed by atoms with Crippen LogP contribution in [0.3, 0.4) is 0 Å². The van der Waals surface area contributed by atoms with Gasteiger partial charge >= 0.3 is 0 Å². The highest BCUT2D eigenvalue weighted by molar-refractivity contribution is 7.13. The van der Waals surface area contributed by atoms with E-state index in [9.17, 15) is 4.79 Å². The molecule has 1 fully saturated rings. The fraction of sp³-hybridized carbons (Fsp3) is 0.533. The molecule has 1 saturated carbocycles. The number of aromatic nitrogens is 2. The van der Waals surface area contributed by atoms with E-state index in [1.165, 1.54) is 36.1 Å². The number of hydrogen-bond donors (Lipinski definition) is 2. The second-order valence-corrected chi connectivity index (χ2v) is 7.48. The van der Waals surface area contributed by atoms with Gasteiger partial charge in [0.05, 0.1) is 11.2 Å². The summed E-state index contributed by atoms with van der Waals surface area (Å²) in [6.07, 6.45) is 4.73. The van der Waals surface area contributed by atoms with Gasteiger partial charge in [-0.2, -0.15) is 0 Å². The van der Waals surface area contributed by atoms with Gasteiger partial charge in [0.15, 0.2) is 5.13 Å². The predicted molar refractivity (Wildman–Crippen MR) is 90.3 cm³/mol. The van der Waals surface area contributed by atoms with Gasteiger partial charge in [-0.15, -0.1) is 22.7 Å². The number of rotatable bonds is 5. The van der Waals surface area contributed by atoms with Gasteiger partial charge < -0.3 is 5.32 Å². The van der Waals surface area contributed by atoms with Crippen LogP contribution in [0.4, 0.5) is 5.13 Å². The average molecular weight is 336 g/mol.